The summed E-state index contributed by atoms with van der Waals surface area (Å²) < 4.78 is 20.8. The van der Waals surface area contributed by atoms with Crippen LogP contribution in [0.2, 0.25) is 0 Å². The lowest BCUT2D eigenvalue weighted by Gasteiger charge is -2.37. The van der Waals surface area contributed by atoms with Crippen molar-refractivity contribution >= 4 is 47.8 Å². The van der Waals surface area contributed by atoms with Gasteiger partial charge in [0.1, 0.15) is 36.6 Å². The van der Waals surface area contributed by atoms with E-state index in [0.29, 0.717) is 78.7 Å². The van der Waals surface area contributed by atoms with Gasteiger partial charge in [0.2, 0.25) is 12.6 Å². The van der Waals surface area contributed by atoms with Crippen molar-refractivity contribution in [3.63, 3.8) is 0 Å². The molecule has 6 heterocycles. The van der Waals surface area contributed by atoms with E-state index < -0.39 is 85.3 Å². The van der Waals surface area contributed by atoms with Crippen LogP contribution in [0.15, 0.2) is 59.0 Å². The van der Waals surface area contributed by atoms with Crippen molar-refractivity contribution < 1.29 is 88.6 Å². The van der Waals surface area contributed by atoms with Crippen LogP contribution in [0.5, 0.6) is 0 Å². The first-order valence-electron chi connectivity index (χ1n) is 21.0. The molecule has 22 nitrogen and oxygen atoms in total. The number of aromatic nitrogens is 2. The SMILES string of the molecule is C=CC1=C(C)/C(=C/c2[nH]c(Cc3[nH]c(/C=C4\NC(=O)C(C)=C4C=C)c(C)c3CCC(=O)O[C@@H]3O[C@@H](C(=O)O)[C@H](O)[C@@H](O)[C@@H]3O)c(CCC(=O)O[C@@H]3O[C@H](C(=O)O)[C@H](O)[C@H](O)[C@@H]3O)c2C)NC1=O. The number of carbonyl (C=O) groups is 6. The fraction of sp³-hybridized carbons (Fsp3) is 0.422. The Hall–Kier alpha value is -6.50. The number of amides is 2. The van der Waals surface area contributed by atoms with Gasteiger partial charge in [0, 0.05) is 64.5 Å². The molecule has 10 atom stereocenters. The van der Waals surface area contributed by atoms with Gasteiger partial charge in [0.05, 0.1) is 5.70 Å². The topological polar surface area (TPSA) is 357 Å². The highest BCUT2D eigenvalue weighted by molar-refractivity contribution is 6.03. The molecule has 360 valence electrons. The molecular formula is C45H52N4O18. The van der Waals surface area contributed by atoms with Crippen molar-refractivity contribution in [1.29, 1.82) is 0 Å². The van der Waals surface area contributed by atoms with Crippen LogP contribution in [-0.2, 0) is 67.0 Å². The number of ether oxygens (including phenoxy) is 4. The standard InChI is InChI=1S/C45H52N4O18/c1-7-20-19(6)40(58)49-27(20)14-25-18(5)23(10-12-31(51)65-45-37(57)33(53)35(55)39(67-45)43(62)63)29(47-25)15-28-22(17(4)24(46-28)13-26-16(3)21(8-2)41(59)48-26)9-11-30(50)64-44-36(56)32(52)34(54)38(66-44)42(60)61/h7-8,13-14,32-39,44-47,52-57H,1-2,9-12,15H2,3-6H3,(H,48,59)(H,49,58)(H,60,61)(H,62,63)/b26-13-,27-14-/t32-,33+,34+,35+,36-,37-,38-,39+,44+,45+/m0/s1. The molecule has 2 aromatic heterocycles. The number of hydrogen-bond donors (Lipinski definition) is 12. The average Bonchev–Trinajstić information content (AvgIpc) is 3.93. The number of aliphatic hydroxyl groups excluding tert-OH is 6. The number of carboxylic acids is 2. The molecule has 0 saturated carbocycles. The molecule has 2 saturated heterocycles. The van der Waals surface area contributed by atoms with Gasteiger partial charge >= 0.3 is 23.9 Å². The van der Waals surface area contributed by atoms with Crippen LogP contribution in [0.4, 0.5) is 0 Å². The van der Waals surface area contributed by atoms with E-state index in [1.807, 2.05) is 0 Å². The van der Waals surface area contributed by atoms with Gasteiger partial charge in [-0.1, -0.05) is 25.3 Å². The Morgan fingerprint density at radius 2 is 1.01 bits per heavy atom. The number of hydrogen-bond acceptors (Lipinski definition) is 16. The minimum absolute atomic E-state index is 0.0340. The second kappa shape index (κ2) is 20.2. The van der Waals surface area contributed by atoms with Gasteiger partial charge in [0.15, 0.2) is 12.2 Å². The number of esters is 2. The molecule has 0 spiro atoms. The Kier molecular flexibility index (Phi) is 15.0. The molecule has 67 heavy (non-hydrogen) atoms. The van der Waals surface area contributed by atoms with Crippen molar-refractivity contribution in [2.24, 2.45) is 0 Å². The summed E-state index contributed by atoms with van der Waals surface area (Å²) in [7, 11) is 0. The minimum Gasteiger partial charge on any atom is -0.479 e. The molecule has 4 aliphatic heterocycles. The molecule has 4 aliphatic rings. The summed E-state index contributed by atoms with van der Waals surface area (Å²) in [4.78, 5) is 81.9. The largest absolute Gasteiger partial charge is 0.479 e. The van der Waals surface area contributed by atoms with Gasteiger partial charge in [-0.05, 0) is 80.5 Å². The van der Waals surface area contributed by atoms with E-state index in [-0.39, 0.29) is 43.9 Å². The maximum absolute atomic E-state index is 13.3. The Labute approximate surface area is 381 Å². The molecule has 0 radical (unpaired) electrons. The van der Waals surface area contributed by atoms with Crippen molar-refractivity contribution in [2.75, 3.05) is 0 Å². The fourth-order valence-electron chi connectivity index (χ4n) is 8.28. The molecule has 6 rings (SSSR count). The number of rotatable bonds is 16. The van der Waals surface area contributed by atoms with Crippen LogP contribution in [0.1, 0.15) is 71.7 Å². The van der Waals surface area contributed by atoms with Crippen molar-refractivity contribution in [3.8, 4) is 0 Å². The molecule has 22 heteroatoms. The van der Waals surface area contributed by atoms with E-state index in [1.165, 1.54) is 12.2 Å². The van der Waals surface area contributed by atoms with E-state index >= 15 is 0 Å². The summed E-state index contributed by atoms with van der Waals surface area (Å²) in [6, 6.07) is 0. The molecule has 2 amide bonds. The maximum Gasteiger partial charge on any atom is 0.335 e. The van der Waals surface area contributed by atoms with Crippen LogP contribution >= 0.6 is 0 Å². The highest BCUT2D eigenvalue weighted by Crippen LogP contribution is 2.33. The minimum atomic E-state index is -2.01. The van der Waals surface area contributed by atoms with Crippen LogP contribution in [0.3, 0.4) is 0 Å². The molecule has 0 bridgehead atoms. The van der Waals surface area contributed by atoms with Crippen LogP contribution in [0, 0.1) is 13.8 Å². The fourth-order valence-corrected chi connectivity index (χ4v) is 8.28. The van der Waals surface area contributed by atoms with E-state index in [2.05, 4.69) is 33.8 Å². The third-order valence-corrected chi connectivity index (χ3v) is 12.2. The van der Waals surface area contributed by atoms with Gasteiger partial charge in [-0.3, -0.25) is 19.2 Å². The molecule has 2 fully saturated rings. The zero-order valence-corrected chi connectivity index (χ0v) is 36.7. The van der Waals surface area contributed by atoms with E-state index in [1.54, 1.807) is 39.8 Å². The summed E-state index contributed by atoms with van der Waals surface area (Å²) in [5.74, 6) is -5.96. The highest BCUT2D eigenvalue weighted by atomic mass is 16.7. The third-order valence-electron chi connectivity index (χ3n) is 12.2. The van der Waals surface area contributed by atoms with Gasteiger partial charge in [-0.25, -0.2) is 9.59 Å². The predicted octanol–water partition coefficient (Wildman–Crippen LogP) is -0.767. The normalized spacial score (nSPS) is 28.7. The number of nitrogens with one attached hydrogen (secondary N) is 4. The zero-order valence-electron chi connectivity index (χ0n) is 36.7. The molecule has 12 N–H and O–H groups in total. The quantitative estimate of drug-likeness (QED) is 0.0920. The smallest absolute Gasteiger partial charge is 0.335 e. The first-order chi connectivity index (χ1) is 31.6. The lowest BCUT2D eigenvalue weighted by atomic mass is 9.98. The van der Waals surface area contributed by atoms with Gasteiger partial charge in [-0.2, -0.15) is 0 Å². The summed E-state index contributed by atoms with van der Waals surface area (Å²) in [5, 5.41) is 86.0. The van der Waals surface area contributed by atoms with E-state index in [4.69, 9.17) is 18.9 Å². The summed E-state index contributed by atoms with van der Waals surface area (Å²) in [6.07, 6.45) is -14.3. The summed E-state index contributed by atoms with van der Waals surface area (Å²) in [5.41, 5.74) is 7.33. The van der Waals surface area contributed by atoms with Gasteiger partial charge < -0.3 is 80.4 Å². The Morgan fingerprint density at radius 3 is 1.42 bits per heavy atom. The molecular weight excluding hydrogens is 885 g/mol. The average molecular weight is 937 g/mol. The monoisotopic (exact) mass is 936 g/mol. The number of H-pyrrole nitrogens is 2. The zero-order chi connectivity index (χ0) is 49.3. The highest BCUT2D eigenvalue weighted by Gasteiger charge is 2.50. The second-order valence-corrected chi connectivity index (χ2v) is 16.4. The van der Waals surface area contributed by atoms with Crippen LogP contribution in [0.25, 0.3) is 12.2 Å². The van der Waals surface area contributed by atoms with Gasteiger partial charge in [-0.15, -0.1) is 0 Å². The molecule has 0 aliphatic carbocycles. The van der Waals surface area contributed by atoms with Crippen molar-refractivity contribution in [2.45, 2.75) is 121 Å². The summed E-state index contributed by atoms with van der Waals surface area (Å²) in [6.45, 7) is 14.4. The predicted molar refractivity (Wildman–Crippen MR) is 229 cm³/mol. The number of carbonyl (C=O) groups excluding carboxylic acids is 4. The number of aliphatic hydroxyl groups is 6. The van der Waals surface area contributed by atoms with Crippen LogP contribution < -0.4 is 10.6 Å². The number of carboxylic acid groups (broad SMARTS) is 2. The lowest BCUT2D eigenvalue weighted by molar-refractivity contribution is -0.286. The first kappa shape index (κ1) is 49.9. The Bertz CT molecular complexity index is 2530. The van der Waals surface area contributed by atoms with E-state index in [9.17, 15) is 69.6 Å². The number of aliphatic carboxylic acids is 2. The molecule has 2 aromatic rings. The maximum atomic E-state index is 13.3. The Morgan fingerprint density at radius 1 is 0.597 bits per heavy atom. The second-order valence-electron chi connectivity index (χ2n) is 16.4. The first-order valence-corrected chi connectivity index (χ1v) is 21.0. The molecule has 0 aromatic carbocycles. The van der Waals surface area contributed by atoms with Crippen LogP contribution in [-0.4, -0.2) is 148 Å². The Balaban J connectivity index is 1.35. The summed E-state index contributed by atoms with van der Waals surface area (Å²) >= 11 is 0. The van der Waals surface area contributed by atoms with Gasteiger partial charge in [0.25, 0.3) is 11.8 Å². The number of aromatic amines is 2. The molecule has 0 unspecified atom stereocenters. The van der Waals surface area contributed by atoms with Crippen molar-refractivity contribution in [1.82, 2.24) is 20.6 Å². The van der Waals surface area contributed by atoms with Crippen molar-refractivity contribution in [3.05, 3.63) is 104 Å². The third kappa shape index (κ3) is 10.1. The lowest BCUT2D eigenvalue weighted by Crippen LogP contribution is -2.60. The van der Waals surface area contributed by atoms with E-state index in [0.717, 1.165) is 0 Å². The number of allylic oxidation sites excluding steroid dienone is 2.